The normalized spacial score (nSPS) is 25.0. The number of para-hydroxylation sites is 2. The summed E-state index contributed by atoms with van der Waals surface area (Å²) in [6.45, 7) is 3.82. The van der Waals surface area contributed by atoms with Gasteiger partial charge >= 0.3 is 0 Å². The highest BCUT2D eigenvalue weighted by Crippen LogP contribution is 2.46. The second-order valence-corrected chi connectivity index (χ2v) is 8.14. The van der Waals surface area contributed by atoms with Crippen LogP contribution in [0.5, 0.6) is 0 Å². The number of rotatable bonds is 4. The van der Waals surface area contributed by atoms with Gasteiger partial charge in [0.15, 0.2) is 5.13 Å². The molecule has 134 valence electrons. The molecule has 3 atom stereocenters. The van der Waals surface area contributed by atoms with Crippen molar-refractivity contribution in [3.8, 4) is 0 Å². The van der Waals surface area contributed by atoms with Crippen LogP contribution in [-0.4, -0.2) is 40.0 Å². The fourth-order valence-corrected chi connectivity index (χ4v) is 4.62. The number of benzene rings is 1. The number of hydrogen-bond donors (Lipinski definition) is 2. The van der Waals surface area contributed by atoms with Crippen LogP contribution < -0.4 is 10.2 Å². The first-order valence-corrected chi connectivity index (χ1v) is 9.97. The largest absolute Gasteiger partial charge is 0.351 e. The Balaban J connectivity index is 1.19. The van der Waals surface area contributed by atoms with Crippen LogP contribution in [0, 0.1) is 12.8 Å². The zero-order valence-corrected chi connectivity index (χ0v) is 15.4. The van der Waals surface area contributed by atoms with Gasteiger partial charge in [0.25, 0.3) is 0 Å². The molecule has 3 aromatic rings. The zero-order valence-electron chi connectivity index (χ0n) is 14.6. The number of aromatic nitrogens is 3. The highest BCUT2D eigenvalue weighted by Gasteiger charge is 2.46. The summed E-state index contributed by atoms with van der Waals surface area (Å²) in [7, 11) is 0. The Kier molecular flexibility index (Phi) is 3.70. The maximum atomic E-state index is 12.6. The minimum atomic E-state index is 0.0479. The van der Waals surface area contributed by atoms with E-state index < -0.39 is 0 Å². The van der Waals surface area contributed by atoms with E-state index >= 15 is 0 Å². The smallest absolute Gasteiger partial charge is 0.224 e. The number of imidazole rings is 1. The maximum Gasteiger partial charge on any atom is 0.224 e. The maximum absolute atomic E-state index is 12.6. The first-order valence-electron chi connectivity index (χ1n) is 9.09. The summed E-state index contributed by atoms with van der Waals surface area (Å²) < 4.78 is 0. The molecule has 5 rings (SSSR count). The monoisotopic (exact) mass is 367 g/mol. The number of fused-ring (bicyclic) bond motifs is 1. The minimum absolute atomic E-state index is 0.0479. The second-order valence-electron chi connectivity index (χ2n) is 7.30. The highest BCUT2D eigenvalue weighted by molar-refractivity contribution is 7.13. The predicted molar refractivity (Wildman–Crippen MR) is 103 cm³/mol. The zero-order chi connectivity index (χ0) is 17.7. The van der Waals surface area contributed by atoms with E-state index in [1.54, 1.807) is 11.3 Å². The van der Waals surface area contributed by atoms with Crippen molar-refractivity contribution in [1.82, 2.24) is 20.3 Å². The third-order valence-corrected chi connectivity index (χ3v) is 6.32. The Morgan fingerprint density at radius 1 is 1.35 bits per heavy atom. The van der Waals surface area contributed by atoms with Gasteiger partial charge < -0.3 is 15.2 Å². The van der Waals surface area contributed by atoms with E-state index in [1.165, 1.54) is 0 Å². The summed E-state index contributed by atoms with van der Waals surface area (Å²) >= 11 is 1.68. The van der Waals surface area contributed by atoms with E-state index in [-0.39, 0.29) is 23.8 Å². The standard InChI is InChI=1S/C19H21N5OS/c1-11-10-26-19(20-11)24-7-6-12(9-24)21-18(25)14-8-13(14)17-22-15-4-2-3-5-16(15)23-17/h2-5,10,12-14H,6-9H2,1H3,(H,21,25)(H,22,23)/t12-,13+,14+/m1/s1. The van der Waals surface area contributed by atoms with Crippen molar-refractivity contribution >= 4 is 33.4 Å². The van der Waals surface area contributed by atoms with Crippen molar-refractivity contribution in [3.63, 3.8) is 0 Å². The first kappa shape index (κ1) is 15.8. The molecule has 0 bridgehead atoms. The van der Waals surface area contributed by atoms with Crippen molar-refractivity contribution in [2.24, 2.45) is 5.92 Å². The Morgan fingerprint density at radius 3 is 3.04 bits per heavy atom. The number of carbonyl (C=O) groups excluding carboxylic acids is 1. The number of hydrogen-bond acceptors (Lipinski definition) is 5. The Hall–Kier alpha value is -2.41. The minimum Gasteiger partial charge on any atom is -0.351 e. The molecular formula is C19H21N5OS. The van der Waals surface area contributed by atoms with Crippen LogP contribution in [0.2, 0.25) is 0 Å². The van der Waals surface area contributed by atoms with Gasteiger partial charge in [0, 0.05) is 36.3 Å². The van der Waals surface area contributed by atoms with Crippen molar-refractivity contribution in [2.45, 2.75) is 31.7 Å². The van der Waals surface area contributed by atoms with Crippen molar-refractivity contribution in [2.75, 3.05) is 18.0 Å². The fourth-order valence-electron chi connectivity index (χ4n) is 3.78. The third-order valence-electron chi connectivity index (χ3n) is 5.30. The number of nitrogens with one attached hydrogen (secondary N) is 2. The van der Waals surface area contributed by atoms with Crippen molar-refractivity contribution in [1.29, 1.82) is 0 Å². The molecule has 6 nitrogen and oxygen atoms in total. The average molecular weight is 367 g/mol. The summed E-state index contributed by atoms with van der Waals surface area (Å²) in [5.74, 6) is 1.38. The van der Waals surface area contributed by atoms with Gasteiger partial charge in [0.1, 0.15) is 5.82 Å². The van der Waals surface area contributed by atoms with E-state index in [0.29, 0.717) is 0 Å². The van der Waals surface area contributed by atoms with Crippen LogP contribution in [-0.2, 0) is 4.79 Å². The molecule has 7 heteroatoms. The van der Waals surface area contributed by atoms with Crippen LogP contribution in [0.1, 0.15) is 30.3 Å². The number of H-pyrrole nitrogens is 1. The summed E-state index contributed by atoms with van der Waals surface area (Å²) in [6, 6.07) is 8.22. The van der Waals surface area contributed by atoms with Crippen LogP contribution >= 0.6 is 11.3 Å². The van der Waals surface area contributed by atoms with E-state index in [2.05, 4.69) is 30.5 Å². The molecule has 1 aromatic carbocycles. The van der Waals surface area contributed by atoms with Crippen LogP contribution in [0.4, 0.5) is 5.13 Å². The van der Waals surface area contributed by atoms with Gasteiger partial charge in [-0.2, -0.15) is 0 Å². The Bertz CT molecular complexity index is 931. The van der Waals surface area contributed by atoms with E-state index in [0.717, 1.165) is 53.6 Å². The lowest BCUT2D eigenvalue weighted by atomic mass is 10.2. The van der Waals surface area contributed by atoms with Gasteiger partial charge in [-0.3, -0.25) is 4.79 Å². The van der Waals surface area contributed by atoms with Gasteiger partial charge in [-0.1, -0.05) is 12.1 Å². The summed E-state index contributed by atoms with van der Waals surface area (Å²) in [5.41, 5.74) is 3.07. The fraction of sp³-hybridized carbons (Fsp3) is 0.421. The van der Waals surface area contributed by atoms with Crippen LogP contribution in [0.25, 0.3) is 11.0 Å². The summed E-state index contributed by atoms with van der Waals surface area (Å²) in [6.07, 6.45) is 1.86. The van der Waals surface area contributed by atoms with Gasteiger partial charge in [-0.05, 0) is 31.9 Å². The number of aryl methyl sites for hydroxylation is 1. The molecule has 2 N–H and O–H groups in total. The number of amides is 1. The lowest BCUT2D eigenvalue weighted by Gasteiger charge is -2.15. The van der Waals surface area contributed by atoms with E-state index in [9.17, 15) is 4.79 Å². The molecule has 1 aliphatic carbocycles. The molecule has 3 heterocycles. The van der Waals surface area contributed by atoms with Gasteiger partial charge in [-0.15, -0.1) is 11.3 Å². The Morgan fingerprint density at radius 2 is 2.23 bits per heavy atom. The summed E-state index contributed by atoms with van der Waals surface area (Å²) in [4.78, 5) is 27.4. The molecule has 26 heavy (non-hydrogen) atoms. The number of anilines is 1. The molecule has 1 saturated heterocycles. The third kappa shape index (κ3) is 2.86. The van der Waals surface area contributed by atoms with Crippen molar-refractivity contribution < 1.29 is 4.79 Å². The highest BCUT2D eigenvalue weighted by atomic mass is 32.1. The van der Waals surface area contributed by atoms with Gasteiger partial charge in [0.05, 0.1) is 16.7 Å². The molecular weight excluding hydrogens is 346 g/mol. The van der Waals surface area contributed by atoms with Crippen molar-refractivity contribution in [3.05, 3.63) is 41.2 Å². The number of carbonyl (C=O) groups is 1. The molecule has 2 aromatic heterocycles. The molecule has 1 amide bonds. The molecule has 2 fully saturated rings. The van der Waals surface area contributed by atoms with E-state index in [1.807, 2.05) is 31.2 Å². The molecule has 1 aliphatic heterocycles. The summed E-state index contributed by atoms with van der Waals surface area (Å²) in [5, 5.41) is 6.37. The topological polar surface area (TPSA) is 73.9 Å². The molecule has 0 radical (unpaired) electrons. The molecule has 1 saturated carbocycles. The SMILES string of the molecule is Cc1csc(N2CC[C@@H](NC(=O)[C@H]3C[C@@H]3c3nc4ccccc4[nH]3)C2)n1. The number of thiazole rings is 1. The molecule has 0 spiro atoms. The van der Waals surface area contributed by atoms with Crippen LogP contribution in [0.15, 0.2) is 29.6 Å². The quantitative estimate of drug-likeness (QED) is 0.744. The number of aromatic amines is 1. The predicted octanol–water partition coefficient (Wildman–Crippen LogP) is 2.83. The number of nitrogens with zero attached hydrogens (tertiary/aromatic N) is 3. The first-order chi connectivity index (χ1) is 12.7. The Labute approximate surface area is 155 Å². The van der Waals surface area contributed by atoms with E-state index in [4.69, 9.17) is 0 Å². The lowest BCUT2D eigenvalue weighted by Crippen LogP contribution is -2.38. The van der Waals surface area contributed by atoms with Gasteiger partial charge in [-0.25, -0.2) is 9.97 Å². The molecule has 2 aliphatic rings. The van der Waals surface area contributed by atoms with Gasteiger partial charge in [0.2, 0.25) is 5.91 Å². The second kappa shape index (κ2) is 6.09. The molecule has 0 unspecified atom stereocenters. The average Bonchev–Trinajstić information content (AvgIpc) is 2.98. The van der Waals surface area contributed by atoms with Crippen LogP contribution in [0.3, 0.4) is 0 Å². The lowest BCUT2D eigenvalue weighted by molar-refractivity contribution is -0.123.